The third kappa shape index (κ3) is 4.08. The van der Waals surface area contributed by atoms with E-state index in [9.17, 15) is 18.0 Å². The molecule has 2 aromatic carbocycles. The average molecular weight is 366 g/mol. The molecule has 1 saturated heterocycles. The molecule has 1 atom stereocenters. The van der Waals surface area contributed by atoms with E-state index in [1.54, 1.807) is 4.90 Å². The van der Waals surface area contributed by atoms with Gasteiger partial charge in [0, 0.05) is 5.69 Å². The highest BCUT2D eigenvalue weighted by Crippen LogP contribution is 2.34. The number of nitrogens with one attached hydrogen (secondary N) is 1. The first kappa shape index (κ1) is 17.2. The van der Waals surface area contributed by atoms with Gasteiger partial charge in [0.2, 0.25) is 5.91 Å². The van der Waals surface area contributed by atoms with Crippen molar-refractivity contribution >= 4 is 28.9 Å². The monoisotopic (exact) mass is 366 g/mol. The molecule has 0 saturated carbocycles. The number of amides is 1. The largest absolute Gasteiger partial charge is 0.573 e. The van der Waals surface area contributed by atoms with Crippen LogP contribution in [0.25, 0.3) is 0 Å². The van der Waals surface area contributed by atoms with E-state index in [2.05, 4.69) is 10.1 Å². The molecule has 1 unspecified atom stereocenters. The lowest BCUT2D eigenvalue weighted by Crippen LogP contribution is -2.51. The zero-order valence-corrected chi connectivity index (χ0v) is 13.6. The normalized spacial score (nSPS) is 18.0. The molecule has 1 fully saturated rings. The van der Waals surface area contributed by atoms with Crippen LogP contribution in [-0.4, -0.2) is 17.4 Å². The Morgan fingerprint density at radius 1 is 1.08 bits per heavy atom. The highest BCUT2D eigenvalue weighted by atomic mass is 32.1. The molecule has 25 heavy (non-hydrogen) atoms. The van der Waals surface area contributed by atoms with Crippen molar-refractivity contribution in [3.8, 4) is 5.75 Å². The van der Waals surface area contributed by atoms with Crippen LogP contribution in [-0.2, 0) is 4.79 Å². The van der Waals surface area contributed by atoms with Crippen molar-refractivity contribution in [3.05, 3.63) is 60.2 Å². The van der Waals surface area contributed by atoms with Gasteiger partial charge in [-0.15, -0.1) is 13.2 Å². The van der Waals surface area contributed by atoms with Crippen LogP contribution < -0.4 is 15.0 Å². The van der Waals surface area contributed by atoms with Gasteiger partial charge >= 0.3 is 6.36 Å². The van der Waals surface area contributed by atoms with Gasteiger partial charge < -0.3 is 15.0 Å². The molecule has 0 radical (unpaired) electrons. The molecule has 0 bridgehead atoms. The summed E-state index contributed by atoms with van der Waals surface area (Å²) in [5, 5.41) is 2.79. The van der Waals surface area contributed by atoms with Crippen LogP contribution in [0.4, 0.5) is 18.9 Å². The van der Waals surface area contributed by atoms with E-state index < -0.39 is 6.36 Å². The second-order valence-electron chi connectivity index (χ2n) is 5.40. The van der Waals surface area contributed by atoms with Gasteiger partial charge in [-0.2, -0.15) is 0 Å². The number of ether oxygens (including phenoxy) is 1. The van der Waals surface area contributed by atoms with Crippen molar-refractivity contribution in [3.63, 3.8) is 0 Å². The Morgan fingerprint density at radius 2 is 1.72 bits per heavy atom. The molecule has 1 N–H and O–H groups in total. The van der Waals surface area contributed by atoms with Crippen molar-refractivity contribution in [1.29, 1.82) is 0 Å². The zero-order chi connectivity index (χ0) is 18.0. The molecular formula is C17H13F3N2O2S. The first-order valence-electron chi connectivity index (χ1n) is 7.37. The van der Waals surface area contributed by atoms with Crippen molar-refractivity contribution in [2.24, 2.45) is 0 Å². The van der Waals surface area contributed by atoms with Gasteiger partial charge in [0.1, 0.15) is 5.75 Å². The Bertz CT molecular complexity index is 779. The summed E-state index contributed by atoms with van der Waals surface area (Å²) in [6.45, 7) is 0. The number of thiocarbonyl (C=S) groups is 1. The van der Waals surface area contributed by atoms with Gasteiger partial charge in [-0.25, -0.2) is 0 Å². The van der Waals surface area contributed by atoms with Gasteiger partial charge in [0.05, 0.1) is 12.5 Å². The topological polar surface area (TPSA) is 41.6 Å². The van der Waals surface area contributed by atoms with E-state index in [0.29, 0.717) is 5.69 Å². The van der Waals surface area contributed by atoms with E-state index in [1.165, 1.54) is 24.3 Å². The lowest BCUT2D eigenvalue weighted by atomic mass is 9.99. The third-order valence-corrected chi connectivity index (χ3v) is 3.99. The molecule has 1 heterocycles. The fourth-order valence-electron chi connectivity index (χ4n) is 2.69. The van der Waals surface area contributed by atoms with Crippen LogP contribution in [0.5, 0.6) is 5.75 Å². The lowest BCUT2D eigenvalue weighted by Gasteiger charge is -2.37. The molecule has 8 heteroatoms. The molecular weight excluding hydrogens is 353 g/mol. The van der Waals surface area contributed by atoms with Gasteiger partial charge in [-0.05, 0) is 42.0 Å². The van der Waals surface area contributed by atoms with E-state index >= 15 is 0 Å². The number of carbonyl (C=O) groups excluding carboxylic acids is 1. The number of halogens is 3. The number of anilines is 1. The second kappa shape index (κ2) is 6.72. The number of rotatable bonds is 3. The van der Waals surface area contributed by atoms with Gasteiger partial charge in [0.25, 0.3) is 0 Å². The summed E-state index contributed by atoms with van der Waals surface area (Å²) in [7, 11) is 0. The van der Waals surface area contributed by atoms with E-state index in [4.69, 9.17) is 12.2 Å². The molecule has 1 aliphatic heterocycles. The predicted molar refractivity (Wildman–Crippen MR) is 90.1 cm³/mol. The SMILES string of the molecule is O=C1CC(c2ccccc2)N(c2ccc(OC(F)(F)F)cc2)C(=S)N1. The van der Waals surface area contributed by atoms with Crippen molar-refractivity contribution in [2.45, 2.75) is 18.8 Å². The smallest absolute Gasteiger partial charge is 0.406 e. The standard InChI is InChI=1S/C17H13F3N2O2S/c18-17(19,20)24-13-8-6-12(7-9-13)22-14(10-15(23)21-16(22)25)11-4-2-1-3-5-11/h1-9,14H,10H2,(H,21,23,25). The number of carbonyl (C=O) groups is 1. The summed E-state index contributed by atoms with van der Waals surface area (Å²) in [6, 6.07) is 14.3. The Labute approximate surface area is 147 Å². The molecule has 4 nitrogen and oxygen atoms in total. The van der Waals surface area contributed by atoms with Crippen molar-refractivity contribution in [2.75, 3.05) is 4.90 Å². The minimum absolute atomic E-state index is 0.185. The van der Waals surface area contributed by atoms with Crippen LogP contribution in [0.15, 0.2) is 54.6 Å². The number of benzene rings is 2. The van der Waals surface area contributed by atoms with Crippen LogP contribution in [0, 0.1) is 0 Å². The van der Waals surface area contributed by atoms with Gasteiger partial charge in [0.15, 0.2) is 5.11 Å². The number of alkyl halides is 3. The van der Waals surface area contributed by atoms with Crippen molar-refractivity contribution in [1.82, 2.24) is 5.32 Å². The highest BCUT2D eigenvalue weighted by molar-refractivity contribution is 7.80. The van der Waals surface area contributed by atoms with Crippen molar-refractivity contribution < 1.29 is 22.7 Å². The highest BCUT2D eigenvalue weighted by Gasteiger charge is 2.33. The molecule has 1 aliphatic rings. The van der Waals surface area contributed by atoms with Gasteiger partial charge in [-0.1, -0.05) is 30.3 Å². The summed E-state index contributed by atoms with van der Waals surface area (Å²) in [5.41, 5.74) is 1.45. The van der Waals surface area contributed by atoms with Gasteiger partial charge in [-0.3, -0.25) is 4.79 Å². The molecule has 0 aromatic heterocycles. The minimum atomic E-state index is -4.75. The van der Waals surface area contributed by atoms with Crippen LogP contribution >= 0.6 is 12.2 Å². The van der Waals surface area contributed by atoms with Crippen LogP contribution in [0.3, 0.4) is 0 Å². The summed E-state index contributed by atoms with van der Waals surface area (Å²) in [6.07, 6.45) is -4.56. The fourth-order valence-corrected chi connectivity index (χ4v) is 3.03. The lowest BCUT2D eigenvalue weighted by molar-refractivity contribution is -0.274. The Hall–Kier alpha value is -2.61. The maximum atomic E-state index is 12.3. The summed E-state index contributed by atoms with van der Waals surface area (Å²) >= 11 is 5.27. The Balaban J connectivity index is 1.92. The molecule has 2 aromatic rings. The van der Waals surface area contributed by atoms with Crippen LogP contribution in [0.2, 0.25) is 0 Å². The zero-order valence-electron chi connectivity index (χ0n) is 12.8. The summed E-state index contributed by atoms with van der Waals surface area (Å²) in [4.78, 5) is 13.6. The molecule has 130 valence electrons. The average Bonchev–Trinajstić information content (AvgIpc) is 2.55. The quantitative estimate of drug-likeness (QED) is 0.836. The number of hydrogen-bond donors (Lipinski definition) is 1. The Kier molecular flexibility index (Phi) is 4.63. The number of hydrogen-bond acceptors (Lipinski definition) is 3. The van der Waals surface area contributed by atoms with Crippen LogP contribution in [0.1, 0.15) is 18.0 Å². The summed E-state index contributed by atoms with van der Waals surface area (Å²) < 4.78 is 40.7. The maximum absolute atomic E-state index is 12.3. The second-order valence-corrected chi connectivity index (χ2v) is 5.78. The molecule has 0 spiro atoms. The maximum Gasteiger partial charge on any atom is 0.573 e. The first-order valence-corrected chi connectivity index (χ1v) is 7.78. The number of nitrogens with zero attached hydrogens (tertiary/aromatic N) is 1. The molecule has 3 rings (SSSR count). The fraction of sp³-hybridized carbons (Fsp3) is 0.176. The third-order valence-electron chi connectivity index (χ3n) is 3.69. The predicted octanol–water partition coefficient (Wildman–Crippen LogP) is 3.94. The molecule has 1 amide bonds. The minimum Gasteiger partial charge on any atom is -0.406 e. The van der Waals surface area contributed by atoms with E-state index in [0.717, 1.165) is 5.56 Å². The molecule has 0 aliphatic carbocycles. The summed E-state index contributed by atoms with van der Waals surface area (Å²) in [5.74, 6) is -0.522. The van der Waals surface area contributed by atoms with E-state index in [1.807, 2.05) is 30.3 Å². The Morgan fingerprint density at radius 3 is 2.32 bits per heavy atom. The first-order chi connectivity index (χ1) is 11.8. The van der Waals surface area contributed by atoms with E-state index in [-0.39, 0.29) is 29.2 Å².